The lowest BCUT2D eigenvalue weighted by atomic mass is 9.92. The largest absolute Gasteiger partial charge is 0.481 e. The van der Waals surface area contributed by atoms with Crippen LogP contribution in [0.15, 0.2) is 48.5 Å². The van der Waals surface area contributed by atoms with E-state index in [1.54, 1.807) is 12.1 Å². The van der Waals surface area contributed by atoms with Crippen LogP contribution in [0.25, 0.3) is 11.1 Å². The summed E-state index contributed by atoms with van der Waals surface area (Å²) < 4.78 is 22.9. The van der Waals surface area contributed by atoms with Crippen LogP contribution in [0.2, 0.25) is 10.0 Å². The molecule has 2 unspecified atom stereocenters. The third-order valence-electron chi connectivity index (χ3n) is 8.79. The molecule has 0 radical (unpaired) electrons. The third kappa shape index (κ3) is 10.3. The van der Waals surface area contributed by atoms with Crippen molar-refractivity contribution in [2.45, 2.75) is 78.3 Å². The summed E-state index contributed by atoms with van der Waals surface area (Å²) in [5.41, 5.74) is 6.66. The van der Waals surface area contributed by atoms with Crippen molar-refractivity contribution in [3.05, 3.63) is 92.0 Å². The molecule has 0 aliphatic carbocycles. The summed E-state index contributed by atoms with van der Waals surface area (Å²) in [4.78, 5) is 31.8. The van der Waals surface area contributed by atoms with Crippen molar-refractivity contribution in [3.63, 3.8) is 0 Å². The van der Waals surface area contributed by atoms with Gasteiger partial charge in [0.25, 0.3) is 0 Å². The maximum atomic E-state index is 11.5. The number of hydrogen-bond donors (Lipinski definition) is 6. The van der Waals surface area contributed by atoms with Crippen LogP contribution in [0.5, 0.6) is 23.5 Å². The number of ether oxygens (including phenoxy) is 4. The van der Waals surface area contributed by atoms with E-state index in [0.29, 0.717) is 11.1 Å². The number of aliphatic hydroxyl groups is 2. The number of pyridine rings is 2. The van der Waals surface area contributed by atoms with Gasteiger partial charge in [0.2, 0.25) is 23.5 Å². The molecule has 0 bridgehead atoms. The fourth-order valence-electron chi connectivity index (χ4n) is 5.72. The zero-order valence-electron chi connectivity index (χ0n) is 30.6. The first kappa shape index (κ1) is 42.0. The van der Waals surface area contributed by atoms with Gasteiger partial charge in [-0.05, 0) is 73.2 Å². The molecule has 16 heteroatoms. The van der Waals surface area contributed by atoms with Crippen LogP contribution in [-0.4, -0.2) is 80.8 Å². The number of halogens is 2. The molecule has 2 aromatic heterocycles. The molecule has 0 saturated heterocycles. The molecule has 4 rings (SSSR count). The van der Waals surface area contributed by atoms with Crippen molar-refractivity contribution in [2.24, 2.45) is 0 Å². The second kappa shape index (κ2) is 19.1. The Labute approximate surface area is 323 Å². The predicted molar refractivity (Wildman–Crippen MR) is 202 cm³/mol. The molecule has 0 aliphatic rings. The first-order valence-corrected chi connectivity index (χ1v) is 17.6. The standard InChI is InChI=1S/C38H44Cl2N4O10/c1-19-23(17-53-35-29(39)13-25(33(43-35)51-5)15-41-31(21(3)45)37(47)48)9-7-11-27(19)28-12-8-10-24(20(28)2)18-54-36-30(40)14-26(34(44-36)52-6)16-42-32(22(4)46)38(49)50/h7-14,21-22,31-32,41-42,45-46H,15-18H2,1-6H3,(H,47,48)(H,49,50)/t21?,22?,31-,32-/m0/s1. The van der Waals surface area contributed by atoms with E-state index < -0.39 is 36.2 Å². The normalized spacial score (nSPS) is 13.4. The highest BCUT2D eigenvalue weighted by atomic mass is 35.5. The zero-order chi connectivity index (χ0) is 39.7. The Morgan fingerprint density at radius 1 is 0.667 bits per heavy atom. The van der Waals surface area contributed by atoms with Gasteiger partial charge in [0, 0.05) is 24.2 Å². The first-order chi connectivity index (χ1) is 25.7. The van der Waals surface area contributed by atoms with Gasteiger partial charge in [-0.2, -0.15) is 9.97 Å². The van der Waals surface area contributed by atoms with Gasteiger partial charge >= 0.3 is 11.9 Å². The highest BCUT2D eigenvalue weighted by Gasteiger charge is 2.25. The summed E-state index contributed by atoms with van der Waals surface area (Å²) in [5, 5.41) is 44.3. The number of carboxylic acids is 2. The average molecular weight is 788 g/mol. The minimum Gasteiger partial charge on any atom is -0.481 e. The van der Waals surface area contributed by atoms with Crippen LogP contribution in [0, 0.1) is 13.8 Å². The molecule has 0 fully saturated rings. The maximum Gasteiger partial charge on any atom is 0.323 e. The van der Waals surface area contributed by atoms with Crippen LogP contribution in [0.1, 0.15) is 47.2 Å². The smallest absolute Gasteiger partial charge is 0.323 e. The molecule has 6 N–H and O–H groups in total. The number of aliphatic carboxylic acids is 2. The second-order valence-electron chi connectivity index (χ2n) is 12.5. The number of hydrogen-bond acceptors (Lipinski definition) is 12. The van der Waals surface area contributed by atoms with E-state index in [1.807, 2.05) is 50.2 Å². The second-order valence-corrected chi connectivity index (χ2v) is 13.3. The Balaban J connectivity index is 1.49. The van der Waals surface area contributed by atoms with E-state index in [1.165, 1.54) is 28.1 Å². The molecule has 0 aliphatic heterocycles. The number of methoxy groups -OCH3 is 2. The lowest BCUT2D eigenvalue weighted by molar-refractivity contribution is -0.143. The van der Waals surface area contributed by atoms with Gasteiger partial charge in [-0.1, -0.05) is 59.6 Å². The molecule has 0 amide bonds. The van der Waals surface area contributed by atoms with Gasteiger partial charge < -0.3 is 39.4 Å². The molecule has 4 atom stereocenters. The molecule has 2 aromatic carbocycles. The van der Waals surface area contributed by atoms with Crippen molar-refractivity contribution < 1.29 is 49.0 Å². The molecule has 54 heavy (non-hydrogen) atoms. The highest BCUT2D eigenvalue weighted by Crippen LogP contribution is 2.34. The van der Waals surface area contributed by atoms with E-state index in [4.69, 9.17) is 42.1 Å². The molecule has 0 saturated carbocycles. The van der Waals surface area contributed by atoms with Crippen LogP contribution in [0.3, 0.4) is 0 Å². The van der Waals surface area contributed by atoms with E-state index >= 15 is 0 Å². The molecule has 4 aromatic rings. The summed E-state index contributed by atoms with van der Waals surface area (Å²) >= 11 is 13.1. The lowest BCUT2D eigenvalue weighted by Gasteiger charge is -2.19. The number of rotatable bonds is 19. The number of aliphatic hydroxyl groups excluding tert-OH is 2. The quantitative estimate of drug-likeness (QED) is 0.0734. The van der Waals surface area contributed by atoms with Crippen molar-refractivity contribution in [3.8, 4) is 34.6 Å². The van der Waals surface area contributed by atoms with Gasteiger partial charge in [-0.3, -0.25) is 20.2 Å². The molecule has 0 spiro atoms. The topological polar surface area (TPSA) is 202 Å². The fourth-order valence-corrected chi connectivity index (χ4v) is 6.18. The van der Waals surface area contributed by atoms with Gasteiger partial charge in [0.05, 0.1) is 26.4 Å². The minimum atomic E-state index is -1.19. The summed E-state index contributed by atoms with van der Waals surface area (Å²) in [6, 6.07) is 12.6. The average Bonchev–Trinajstić information content (AvgIpc) is 3.11. The van der Waals surface area contributed by atoms with Crippen LogP contribution < -0.4 is 29.6 Å². The number of aromatic nitrogens is 2. The highest BCUT2D eigenvalue weighted by molar-refractivity contribution is 6.32. The number of benzene rings is 2. The minimum absolute atomic E-state index is 0.0342. The molecule has 14 nitrogen and oxygen atoms in total. The van der Waals surface area contributed by atoms with Crippen LogP contribution in [-0.2, 0) is 35.9 Å². The Kier molecular flexibility index (Phi) is 14.8. The van der Waals surface area contributed by atoms with E-state index in [2.05, 4.69) is 20.6 Å². The van der Waals surface area contributed by atoms with Crippen molar-refractivity contribution >= 4 is 35.1 Å². The molecular formula is C38H44Cl2N4O10. The molecule has 290 valence electrons. The lowest BCUT2D eigenvalue weighted by Crippen LogP contribution is -2.44. The number of nitrogens with zero attached hydrogens (tertiary/aromatic N) is 2. The fraction of sp³-hybridized carbons (Fsp3) is 0.368. The van der Waals surface area contributed by atoms with Gasteiger partial charge in [0.15, 0.2) is 0 Å². The predicted octanol–water partition coefficient (Wildman–Crippen LogP) is 5.09. The summed E-state index contributed by atoms with van der Waals surface area (Å²) in [6.07, 6.45) is -2.25. The van der Waals surface area contributed by atoms with E-state index in [0.717, 1.165) is 33.4 Å². The summed E-state index contributed by atoms with van der Waals surface area (Å²) in [6.45, 7) is 7.11. The summed E-state index contributed by atoms with van der Waals surface area (Å²) in [5.74, 6) is -1.72. The number of carboxylic acid groups (broad SMARTS) is 2. The van der Waals surface area contributed by atoms with Crippen LogP contribution >= 0.6 is 23.2 Å². The van der Waals surface area contributed by atoms with Crippen molar-refractivity contribution in [1.29, 1.82) is 0 Å². The monoisotopic (exact) mass is 786 g/mol. The number of carbonyl (C=O) groups is 2. The van der Waals surface area contributed by atoms with Crippen molar-refractivity contribution in [2.75, 3.05) is 14.2 Å². The molecule has 2 heterocycles. The van der Waals surface area contributed by atoms with E-state index in [9.17, 15) is 30.0 Å². The van der Waals surface area contributed by atoms with Gasteiger partial charge in [-0.25, -0.2) is 0 Å². The third-order valence-corrected chi connectivity index (χ3v) is 9.33. The Hall–Kier alpha value is -4.70. The number of nitrogens with one attached hydrogen (secondary N) is 2. The Morgan fingerprint density at radius 3 is 1.35 bits per heavy atom. The Morgan fingerprint density at radius 2 is 1.04 bits per heavy atom. The van der Waals surface area contributed by atoms with Crippen LogP contribution in [0.4, 0.5) is 0 Å². The van der Waals surface area contributed by atoms with Crippen molar-refractivity contribution in [1.82, 2.24) is 20.6 Å². The van der Waals surface area contributed by atoms with Gasteiger partial charge in [-0.15, -0.1) is 0 Å². The first-order valence-electron chi connectivity index (χ1n) is 16.8. The van der Waals surface area contributed by atoms with E-state index in [-0.39, 0.29) is 59.9 Å². The Bertz CT molecular complexity index is 1820. The summed E-state index contributed by atoms with van der Waals surface area (Å²) in [7, 11) is 2.86. The zero-order valence-corrected chi connectivity index (χ0v) is 32.2. The molecular weight excluding hydrogens is 743 g/mol. The maximum absolute atomic E-state index is 11.5. The van der Waals surface area contributed by atoms with Gasteiger partial charge in [0.1, 0.15) is 35.3 Å². The SMILES string of the molecule is COc1nc(OCc2cccc(-c3cccc(COc4nc(OC)c(CN[C@H](C(=O)O)C(C)O)cc4Cl)c3C)c2C)c(Cl)cc1CN[C@H](C(=O)O)C(C)O.